The van der Waals surface area contributed by atoms with Crippen molar-refractivity contribution in [2.24, 2.45) is 0 Å². The molecule has 0 saturated heterocycles. The van der Waals surface area contributed by atoms with Crippen molar-refractivity contribution >= 4 is 49.6 Å². The highest BCUT2D eigenvalue weighted by atomic mass is 15.1. The zero-order valence-electron chi connectivity index (χ0n) is 33.0. The van der Waals surface area contributed by atoms with Crippen molar-refractivity contribution in [2.45, 2.75) is 0 Å². The minimum absolute atomic E-state index is 1.08. The minimum atomic E-state index is 1.08. The molecule has 11 aromatic rings. The summed E-state index contributed by atoms with van der Waals surface area (Å²) in [6, 6.07) is 88.0. The predicted molar refractivity (Wildman–Crippen MR) is 255 cm³/mol. The van der Waals surface area contributed by atoms with Crippen LogP contribution in [0.2, 0.25) is 0 Å². The molecule has 0 amide bonds. The molecule has 0 unspecified atom stereocenters. The minimum Gasteiger partial charge on any atom is -0.310 e. The Bertz CT molecular complexity index is 3250. The third kappa shape index (κ3) is 6.23. The van der Waals surface area contributed by atoms with E-state index in [1.54, 1.807) is 0 Å². The molecular formula is C58H40N2. The lowest BCUT2D eigenvalue weighted by Crippen LogP contribution is -2.11. The zero-order chi connectivity index (χ0) is 39.8. The highest BCUT2D eigenvalue weighted by Crippen LogP contribution is 2.45. The molecule has 0 aliphatic carbocycles. The molecule has 1 aromatic heterocycles. The van der Waals surface area contributed by atoms with E-state index in [-0.39, 0.29) is 0 Å². The van der Waals surface area contributed by atoms with Crippen LogP contribution >= 0.6 is 0 Å². The second-order valence-electron chi connectivity index (χ2n) is 15.3. The van der Waals surface area contributed by atoms with Gasteiger partial charge in [-0.2, -0.15) is 0 Å². The van der Waals surface area contributed by atoms with E-state index >= 15 is 0 Å². The van der Waals surface area contributed by atoms with Crippen LogP contribution in [-0.4, -0.2) is 4.57 Å². The standard InChI is InChI=1S/C58H40N2/c1-3-17-41(18-4-1)42-33-36-47(37-34-42)59(48-24-15-23-45(39-48)50-29-16-22-43-21-7-8-25-49(43)50)58-38-35-46(40-54(58)44-19-5-2-6-20-44)51-26-9-12-30-55(51)60-56-31-13-10-27-52(56)53-28-11-14-32-57(53)60/h1-40H. The summed E-state index contributed by atoms with van der Waals surface area (Å²) in [5.74, 6) is 0. The molecule has 0 spiro atoms. The lowest BCUT2D eigenvalue weighted by Gasteiger charge is -2.29. The van der Waals surface area contributed by atoms with Gasteiger partial charge in [-0.25, -0.2) is 0 Å². The van der Waals surface area contributed by atoms with Gasteiger partial charge in [0.05, 0.1) is 22.4 Å². The fourth-order valence-electron chi connectivity index (χ4n) is 8.99. The van der Waals surface area contributed by atoms with Crippen LogP contribution in [0.5, 0.6) is 0 Å². The summed E-state index contributed by atoms with van der Waals surface area (Å²) in [4.78, 5) is 2.42. The van der Waals surface area contributed by atoms with Crippen LogP contribution in [-0.2, 0) is 0 Å². The summed E-state index contributed by atoms with van der Waals surface area (Å²) in [7, 11) is 0. The van der Waals surface area contributed by atoms with E-state index in [1.807, 2.05) is 0 Å². The molecule has 1 heterocycles. The van der Waals surface area contributed by atoms with Gasteiger partial charge in [0.25, 0.3) is 0 Å². The predicted octanol–water partition coefficient (Wildman–Crippen LogP) is 16.1. The Balaban J connectivity index is 1.12. The number of hydrogen-bond donors (Lipinski definition) is 0. The van der Waals surface area contributed by atoms with Crippen LogP contribution < -0.4 is 4.90 Å². The summed E-state index contributed by atoms with van der Waals surface area (Å²) in [5, 5.41) is 4.98. The van der Waals surface area contributed by atoms with Gasteiger partial charge in [-0.15, -0.1) is 0 Å². The van der Waals surface area contributed by atoms with E-state index in [0.29, 0.717) is 0 Å². The molecule has 0 bridgehead atoms. The summed E-state index contributed by atoms with van der Waals surface area (Å²) in [6.07, 6.45) is 0. The lowest BCUT2D eigenvalue weighted by molar-refractivity contribution is 1.18. The first-order chi connectivity index (χ1) is 29.8. The fraction of sp³-hybridized carbons (Fsp3) is 0. The maximum Gasteiger partial charge on any atom is 0.0541 e. The van der Waals surface area contributed by atoms with Crippen molar-refractivity contribution in [3.8, 4) is 50.2 Å². The van der Waals surface area contributed by atoms with Gasteiger partial charge in [0, 0.05) is 33.3 Å². The molecule has 11 rings (SSSR count). The summed E-state index contributed by atoms with van der Waals surface area (Å²) in [5.41, 5.74) is 16.2. The number of hydrogen-bond acceptors (Lipinski definition) is 1. The topological polar surface area (TPSA) is 8.17 Å². The first kappa shape index (κ1) is 35.2. The lowest BCUT2D eigenvalue weighted by atomic mass is 9.94. The maximum atomic E-state index is 2.43. The third-order valence-electron chi connectivity index (χ3n) is 11.8. The molecule has 0 saturated carbocycles. The van der Waals surface area contributed by atoms with Gasteiger partial charge in [0.15, 0.2) is 0 Å². The number of anilines is 3. The number of nitrogens with zero attached hydrogens (tertiary/aromatic N) is 2. The van der Waals surface area contributed by atoms with Crippen LogP contribution in [0.15, 0.2) is 243 Å². The average Bonchev–Trinajstić information content (AvgIpc) is 3.67. The number of para-hydroxylation sites is 3. The normalized spacial score (nSPS) is 11.3. The zero-order valence-corrected chi connectivity index (χ0v) is 33.0. The first-order valence-corrected chi connectivity index (χ1v) is 20.6. The van der Waals surface area contributed by atoms with Gasteiger partial charge < -0.3 is 9.47 Å². The van der Waals surface area contributed by atoms with E-state index in [1.165, 1.54) is 60.4 Å². The summed E-state index contributed by atoms with van der Waals surface area (Å²) >= 11 is 0. The molecule has 2 heteroatoms. The van der Waals surface area contributed by atoms with Gasteiger partial charge in [-0.1, -0.05) is 188 Å². The van der Waals surface area contributed by atoms with E-state index in [4.69, 9.17) is 0 Å². The Morgan fingerprint density at radius 1 is 0.283 bits per heavy atom. The van der Waals surface area contributed by atoms with Crippen LogP contribution in [0.1, 0.15) is 0 Å². The quantitative estimate of drug-likeness (QED) is 0.150. The number of aromatic nitrogens is 1. The highest BCUT2D eigenvalue weighted by Gasteiger charge is 2.21. The summed E-state index contributed by atoms with van der Waals surface area (Å²) < 4.78 is 2.43. The van der Waals surface area contributed by atoms with Crippen molar-refractivity contribution in [3.63, 3.8) is 0 Å². The molecule has 0 fully saturated rings. The van der Waals surface area contributed by atoms with Crippen LogP contribution in [0.3, 0.4) is 0 Å². The van der Waals surface area contributed by atoms with E-state index in [9.17, 15) is 0 Å². The van der Waals surface area contributed by atoms with Crippen molar-refractivity contribution in [3.05, 3.63) is 243 Å². The van der Waals surface area contributed by atoms with E-state index in [0.717, 1.165) is 39.4 Å². The van der Waals surface area contributed by atoms with E-state index < -0.39 is 0 Å². The molecule has 0 radical (unpaired) electrons. The third-order valence-corrected chi connectivity index (χ3v) is 11.8. The van der Waals surface area contributed by atoms with Gasteiger partial charge in [0.2, 0.25) is 0 Å². The Morgan fingerprint density at radius 3 is 1.55 bits per heavy atom. The molecule has 282 valence electrons. The molecule has 0 aliphatic heterocycles. The van der Waals surface area contributed by atoms with Gasteiger partial charge in [0.1, 0.15) is 0 Å². The first-order valence-electron chi connectivity index (χ1n) is 20.6. The Kier molecular flexibility index (Phi) is 8.87. The molecule has 0 aliphatic rings. The monoisotopic (exact) mass is 764 g/mol. The van der Waals surface area contributed by atoms with Crippen molar-refractivity contribution in [1.29, 1.82) is 0 Å². The largest absolute Gasteiger partial charge is 0.310 e. The number of benzene rings is 10. The number of rotatable bonds is 8. The van der Waals surface area contributed by atoms with Crippen LogP contribution in [0.25, 0.3) is 82.8 Å². The van der Waals surface area contributed by atoms with Crippen molar-refractivity contribution in [1.82, 2.24) is 4.57 Å². The smallest absolute Gasteiger partial charge is 0.0541 e. The molecular weight excluding hydrogens is 725 g/mol. The maximum absolute atomic E-state index is 2.43. The molecule has 0 atom stereocenters. The average molecular weight is 765 g/mol. The SMILES string of the molecule is c1ccc(-c2ccc(N(c3cccc(-c4cccc5ccccc45)c3)c3ccc(-c4ccccc4-n4c5ccccc5c5ccccc54)cc3-c3ccccc3)cc2)cc1. The number of fused-ring (bicyclic) bond motifs is 4. The highest BCUT2D eigenvalue weighted by molar-refractivity contribution is 6.10. The van der Waals surface area contributed by atoms with Gasteiger partial charge in [-0.05, 0) is 98.8 Å². The van der Waals surface area contributed by atoms with Gasteiger partial charge >= 0.3 is 0 Å². The van der Waals surface area contributed by atoms with Crippen molar-refractivity contribution in [2.75, 3.05) is 4.90 Å². The van der Waals surface area contributed by atoms with Crippen LogP contribution in [0, 0.1) is 0 Å². The van der Waals surface area contributed by atoms with Gasteiger partial charge in [-0.3, -0.25) is 0 Å². The molecule has 0 N–H and O–H groups in total. The fourth-order valence-corrected chi connectivity index (χ4v) is 8.99. The Morgan fingerprint density at radius 2 is 0.800 bits per heavy atom. The molecule has 10 aromatic carbocycles. The molecule has 60 heavy (non-hydrogen) atoms. The van der Waals surface area contributed by atoms with Crippen LogP contribution in [0.4, 0.5) is 17.1 Å². The Labute approximate surface area is 350 Å². The van der Waals surface area contributed by atoms with Crippen molar-refractivity contribution < 1.29 is 0 Å². The molecule has 2 nitrogen and oxygen atoms in total. The van der Waals surface area contributed by atoms with E-state index in [2.05, 4.69) is 252 Å². The Hall–Kier alpha value is -7.94. The second kappa shape index (κ2) is 15.1. The summed E-state index contributed by atoms with van der Waals surface area (Å²) in [6.45, 7) is 0. The second-order valence-corrected chi connectivity index (χ2v) is 15.3.